The highest BCUT2D eigenvalue weighted by Gasteiger charge is 2.29. The van der Waals surface area contributed by atoms with Crippen molar-refractivity contribution in [1.82, 2.24) is 4.98 Å². The zero-order valence-corrected chi connectivity index (χ0v) is 12.0. The molecule has 0 amide bonds. The number of ether oxygens (including phenoxy) is 1. The first-order chi connectivity index (χ1) is 10.1. The zero-order chi connectivity index (χ0) is 15.2. The molecule has 1 aromatic rings. The van der Waals surface area contributed by atoms with E-state index in [0.29, 0.717) is 12.1 Å². The first-order valence-corrected chi connectivity index (χ1v) is 7.15. The van der Waals surface area contributed by atoms with Gasteiger partial charge in [-0.25, -0.2) is 9.78 Å². The molecular weight excluding hydrogens is 272 g/mol. The van der Waals surface area contributed by atoms with Crippen LogP contribution in [-0.4, -0.2) is 35.2 Å². The molecule has 114 valence electrons. The monoisotopic (exact) mass is 292 g/mol. The number of aliphatic carboxylic acids is 1. The minimum atomic E-state index is -0.767. The number of pyridine rings is 1. The highest BCUT2D eigenvalue weighted by Crippen LogP contribution is 2.26. The van der Waals surface area contributed by atoms with Gasteiger partial charge in [-0.05, 0) is 25.0 Å². The maximum absolute atomic E-state index is 11.5. The van der Waals surface area contributed by atoms with Gasteiger partial charge in [0.2, 0.25) is 0 Å². The summed E-state index contributed by atoms with van der Waals surface area (Å²) in [5.74, 6) is -1.67. The second kappa shape index (κ2) is 7.06. The van der Waals surface area contributed by atoms with E-state index in [2.05, 4.69) is 15.0 Å². The van der Waals surface area contributed by atoms with E-state index in [1.54, 1.807) is 12.1 Å². The van der Waals surface area contributed by atoms with Gasteiger partial charge in [-0.1, -0.05) is 19.3 Å². The molecule has 1 aliphatic carbocycles. The van der Waals surface area contributed by atoms with Gasteiger partial charge in [0.15, 0.2) is 0 Å². The molecule has 1 saturated carbocycles. The number of hydrogen-bond acceptors (Lipinski definition) is 5. The van der Waals surface area contributed by atoms with Gasteiger partial charge in [0.25, 0.3) is 0 Å². The molecule has 6 heteroatoms. The largest absolute Gasteiger partial charge is 0.481 e. The molecule has 0 spiro atoms. The van der Waals surface area contributed by atoms with Crippen molar-refractivity contribution in [3.63, 3.8) is 0 Å². The first-order valence-electron chi connectivity index (χ1n) is 7.15. The fraction of sp³-hybridized carbons (Fsp3) is 0.533. The van der Waals surface area contributed by atoms with E-state index in [-0.39, 0.29) is 11.7 Å². The lowest BCUT2D eigenvalue weighted by Gasteiger charge is -2.24. The number of carbonyl (C=O) groups is 2. The SMILES string of the molecule is COC(=O)c1cc(NC2CCCCCC2C(=O)O)ccn1. The summed E-state index contributed by atoms with van der Waals surface area (Å²) in [7, 11) is 1.30. The minimum Gasteiger partial charge on any atom is -0.481 e. The van der Waals surface area contributed by atoms with E-state index in [0.717, 1.165) is 25.7 Å². The Kier molecular flexibility index (Phi) is 5.14. The lowest BCUT2D eigenvalue weighted by Crippen LogP contribution is -2.33. The Balaban J connectivity index is 2.14. The van der Waals surface area contributed by atoms with Crippen LogP contribution in [0.3, 0.4) is 0 Å². The summed E-state index contributed by atoms with van der Waals surface area (Å²) in [5, 5.41) is 12.6. The van der Waals surface area contributed by atoms with Gasteiger partial charge < -0.3 is 15.2 Å². The van der Waals surface area contributed by atoms with Crippen molar-refractivity contribution in [2.75, 3.05) is 12.4 Å². The Hall–Kier alpha value is -2.11. The molecule has 1 heterocycles. The second-order valence-electron chi connectivity index (χ2n) is 5.25. The molecule has 2 atom stereocenters. The van der Waals surface area contributed by atoms with Gasteiger partial charge in [0.05, 0.1) is 13.0 Å². The van der Waals surface area contributed by atoms with E-state index in [9.17, 15) is 14.7 Å². The third-order valence-electron chi connectivity index (χ3n) is 3.84. The van der Waals surface area contributed by atoms with Crippen LogP contribution in [0.15, 0.2) is 18.3 Å². The Morgan fingerprint density at radius 1 is 1.33 bits per heavy atom. The maximum atomic E-state index is 11.5. The van der Waals surface area contributed by atoms with Crippen LogP contribution in [0.25, 0.3) is 0 Å². The standard InChI is InChI=1S/C15H20N2O4/c1-21-15(20)13-9-10(7-8-16-13)17-12-6-4-2-3-5-11(12)14(18)19/h7-9,11-12H,2-6H2,1H3,(H,16,17)(H,18,19). The average Bonchev–Trinajstić information content (AvgIpc) is 2.72. The molecule has 2 unspecified atom stereocenters. The third kappa shape index (κ3) is 3.93. The fourth-order valence-electron chi connectivity index (χ4n) is 2.73. The van der Waals surface area contributed by atoms with Crippen LogP contribution in [-0.2, 0) is 9.53 Å². The van der Waals surface area contributed by atoms with Crippen molar-refractivity contribution in [1.29, 1.82) is 0 Å². The van der Waals surface area contributed by atoms with Crippen molar-refractivity contribution in [3.05, 3.63) is 24.0 Å². The number of nitrogens with zero attached hydrogens (tertiary/aromatic N) is 1. The molecule has 2 N–H and O–H groups in total. The third-order valence-corrected chi connectivity index (χ3v) is 3.84. The Morgan fingerprint density at radius 3 is 2.81 bits per heavy atom. The van der Waals surface area contributed by atoms with Gasteiger partial charge >= 0.3 is 11.9 Å². The second-order valence-corrected chi connectivity index (χ2v) is 5.25. The number of carboxylic acid groups (broad SMARTS) is 1. The molecule has 0 bridgehead atoms. The van der Waals surface area contributed by atoms with Crippen LogP contribution in [0.1, 0.15) is 42.6 Å². The molecule has 0 aromatic carbocycles. The molecule has 1 fully saturated rings. The smallest absolute Gasteiger partial charge is 0.356 e. The molecule has 1 aromatic heterocycles. The van der Waals surface area contributed by atoms with Crippen LogP contribution in [0.5, 0.6) is 0 Å². The van der Waals surface area contributed by atoms with Crippen LogP contribution in [0.4, 0.5) is 5.69 Å². The highest BCUT2D eigenvalue weighted by molar-refractivity contribution is 5.88. The summed E-state index contributed by atoms with van der Waals surface area (Å²) in [5.41, 5.74) is 0.909. The molecule has 0 saturated heterocycles. The molecule has 0 radical (unpaired) electrons. The van der Waals surface area contributed by atoms with Crippen molar-refractivity contribution in [3.8, 4) is 0 Å². The lowest BCUT2D eigenvalue weighted by atomic mass is 9.94. The number of nitrogens with one attached hydrogen (secondary N) is 1. The number of hydrogen-bond donors (Lipinski definition) is 2. The molecule has 1 aliphatic rings. The first kappa shape index (κ1) is 15.3. The number of esters is 1. The van der Waals surface area contributed by atoms with Crippen molar-refractivity contribution < 1.29 is 19.4 Å². The molecule has 2 rings (SSSR count). The highest BCUT2D eigenvalue weighted by atomic mass is 16.5. The summed E-state index contributed by atoms with van der Waals surface area (Å²) in [6.45, 7) is 0. The van der Waals surface area contributed by atoms with Gasteiger partial charge in [0, 0.05) is 17.9 Å². The van der Waals surface area contributed by atoms with Gasteiger partial charge in [-0.2, -0.15) is 0 Å². The van der Waals surface area contributed by atoms with Gasteiger partial charge in [-0.15, -0.1) is 0 Å². The number of rotatable bonds is 4. The average molecular weight is 292 g/mol. The number of methoxy groups -OCH3 is 1. The van der Waals surface area contributed by atoms with E-state index in [1.165, 1.54) is 13.3 Å². The summed E-state index contributed by atoms with van der Waals surface area (Å²) < 4.78 is 4.64. The fourth-order valence-corrected chi connectivity index (χ4v) is 2.73. The van der Waals surface area contributed by atoms with E-state index in [4.69, 9.17) is 0 Å². The Labute approximate surface area is 123 Å². The predicted octanol–water partition coefficient (Wildman–Crippen LogP) is 2.31. The molecular formula is C15H20N2O4. The Morgan fingerprint density at radius 2 is 2.10 bits per heavy atom. The number of carboxylic acids is 1. The normalized spacial score (nSPS) is 22.1. The number of anilines is 1. The Bertz CT molecular complexity index is 518. The lowest BCUT2D eigenvalue weighted by molar-refractivity contribution is -0.142. The van der Waals surface area contributed by atoms with E-state index in [1.807, 2.05) is 0 Å². The molecule has 6 nitrogen and oxygen atoms in total. The van der Waals surface area contributed by atoms with E-state index >= 15 is 0 Å². The van der Waals surface area contributed by atoms with Crippen LogP contribution in [0, 0.1) is 5.92 Å². The number of aromatic nitrogens is 1. The van der Waals surface area contributed by atoms with Crippen LogP contribution >= 0.6 is 0 Å². The zero-order valence-electron chi connectivity index (χ0n) is 12.0. The summed E-state index contributed by atoms with van der Waals surface area (Å²) >= 11 is 0. The van der Waals surface area contributed by atoms with Crippen LogP contribution in [0.2, 0.25) is 0 Å². The van der Waals surface area contributed by atoms with Crippen molar-refractivity contribution in [2.24, 2.45) is 5.92 Å². The molecule has 21 heavy (non-hydrogen) atoms. The predicted molar refractivity (Wildman–Crippen MR) is 77.2 cm³/mol. The number of carbonyl (C=O) groups excluding carboxylic acids is 1. The molecule has 0 aliphatic heterocycles. The van der Waals surface area contributed by atoms with Crippen molar-refractivity contribution >= 4 is 17.6 Å². The quantitative estimate of drug-likeness (QED) is 0.654. The minimum absolute atomic E-state index is 0.127. The maximum Gasteiger partial charge on any atom is 0.356 e. The van der Waals surface area contributed by atoms with Gasteiger partial charge in [-0.3, -0.25) is 4.79 Å². The van der Waals surface area contributed by atoms with Crippen molar-refractivity contribution in [2.45, 2.75) is 38.1 Å². The van der Waals surface area contributed by atoms with Crippen LogP contribution < -0.4 is 5.32 Å². The topological polar surface area (TPSA) is 88.5 Å². The summed E-state index contributed by atoms with van der Waals surface area (Å²) in [6.07, 6.45) is 6.02. The van der Waals surface area contributed by atoms with E-state index < -0.39 is 17.9 Å². The van der Waals surface area contributed by atoms with Gasteiger partial charge in [0.1, 0.15) is 5.69 Å². The summed E-state index contributed by atoms with van der Waals surface area (Å²) in [6, 6.07) is 3.20. The summed E-state index contributed by atoms with van der Waals surface area (Å²) in [4.78, 5) is 26.8.